The Kier molecular flexibility index (Phi) is 7.08. The Morgan fingerprint density at radius 3 is 2.89 bits per heavy atom. The minimum absolute atomic E-state index is 0.0616. The first-order chi connectivity index (χ1) is 4.41. The van der Waals surface area contributed by atoms with Gasteiger partial charge in [-0.15, -0.1) is 0 Å². The van der Waals surface area contributed by atoms with Crippen molar-refractivity contribution in [1.29, 1.82) is 0 Å². The van der Waals surface area contributed by atoms with E-state index in [1.165, 1.54) is 6.26 Å². The van der Waals surface area contributed by atoms with Crippen LogP contribution >= 0.6 is 0 Å². The first-order valence-corrected chi connectivity index (χ1v) is 3.29. The van der Waals surface area contributed by atoms with Crippen LogP contribution in [0.5, 0.6) is 0 Å². The lowest BCUT2D eigenvalue weighted by Gasteiger charge is -1.95. The molecule has 2 heteroatoms. The van der Waals surface area contributed by atoms with E-state index in [-0.39, 0.29) is 6.61 Å². The first-order valence-electron chi connectivity index (χ1n) is 3.29. The van der Waals surface area contributed by atoms with Gasteiger partial charge in [-0.2, -0.15) is 0 Å². The quantitative estimate of drug-likeness (QED) is 0.449. The van der Waals surface area contributed by atoms with Crippen LogP contribution in [0.4, 0.5) is 0 Å². The monoisotopic (exact) mass is 130 g/mol. The summed E-state index contributed by atoms with van der Waals surface area (Å²) in [5.74, 6) is 0. The van der Waals surface area contributed by atoms with E-state index in [1.54, 1.807) is 6.08 Å². The topological polar surface area (TPSA) is 29.5 Å². The largest absolute Gasteiger partial charge is 0.501 e. The molecule has 0 saturated carbocycles. The Labute approximate surface area is 56.1 Å². The summed E-state index contributed by atoms with van der Waals surface area (Å²) in [7, 11) is 0. The molecule has 9 heavy (non-hydrogen) atoms. The molecule has 0 rings (SSSR count). The standard InChI is InChI=1S/C7H14O2/c1-2-3-6-9-7-4-5-8/h4,7-8H,2-3,5-6H2,1H3/b7-4+. The fourth-order valence-electron chi connectivity index (χ4n) is 0.407. The molecule has 0 aliphatic rings. The van der Waals surface area contributed by atoms with Gasteiger partial charge in [0.15, 0.2) is 0 Å². The number of aliphatic hydroxyl groups is 1. The third-order valence-corrected chi connectivity index (χ3v) is 0.914. The Morgan fingerprint density at radius 1 is 1.56 bits per heavy atom. The second-order valence-electron chi connectivity index (χ2n) is 1.78. The molecule has 0 unspecified atom stereocenters. The van der Waals surface area contributed by atoms with Crippen LogP contribution in [0.2, 0.25) is 0 Å². The molecule has 0 aliphatic carbocycles. The molecule has 0 amide bonds. The van der Waals surface area contributed by atoms with Gasteiger partial charge < -0.3 is 9.84 Å². The van der Waals surface area contributed by atoms with Crippen LogP contribution in [0.3, 0.4) is 0 Å². The molecule has 0 aromatic rings. The van der Waals surface area contributed by atoms with Gasteiger partial charge >= 0.3 is 0 Å². The fourth-order valence-corrected chi connectivity index (χ4v) is 0.407. The summed E-state index contributed by atoms with van der Waals surface area (Å²) in [6.45, 7) is 2.93. The zero-order chi connectivity index (χ0) is 6.95. The van der Waals surface area contributed by atoms with Gasteiger partial charge in [-0.1, -0.05) is 13.3 Å². The van der Waals surface area contributed by atoms with Gasteiger partial charge in [-0.05, 0) is 12.5 Å². The maximum atomic E-state index is 8.26. The predicted molar refractivity (Wildman–Crippen MR) is 37.1 cm³/mol. The van der Waals surface area contributed by atoms with E-state index in [0.29, 0.717) is 0 Å². The van der Waals surface area contributed by atoms with Crippen LogP contribution in [0.1, 0.15) is 19.8 Å². The molecule has 0 radical (unpaired) electrons. The highest BCUT2D eigenvalue weighted by molar-refractivity contribution is 4.70. The molecule has 0 aliphatic heterocycles. The third-order valence-electron chi connectivity index (χ3n) is 0.914. The number of unbranched alkanes of at least 4 members (excludes halogenated alkanes) is 1. The zero-order valence-corrected chi connectivity index (χ0v) is 5.84. The molecule has 2 nitrogen and oxygen atoms in total. The van der Waals surface area contributed by atoms with Gasteiger partial charge in [0.25, 0.3) is 0 Å². The summed E-state index contributed by atoms with van der Waals surface area (Å²) in [6.07, 6.45) is 5.34. The van der Waals surface area contributed by atoms with Gasteiger partial charge in [0.2, 0.25) is 0 Å². The Balaban J connectivity index is 2.82. The van der Waals surface area contributed by atoms with Gasteiger partial charge in [0.05, 0.1) is 19.5 Å². The molecule has 0 aromatic heterocycles. The van der Waals surface area contributed by atoms with E-state index in [2.05, 4.69) is 6.92 Å². The number of hydrogen-bond donors (Lipinski definition) is 1. The van der Waals surface area contributed by atoms with Crippen LogP contribution in [0, 0.1) is 0 Å². The fraction of sp³-hybridized carbons (Fsp3) is 0.714. The van der Waals surface area contributed by atoms with E-state index < -0.39 is 0 Å². The number of ether oxygens (including phenoxy) is 1. The summed E-state index contributed by atoms with van der Waals surface area (Å²) in [6, 6.07) is 0. The Hall–Kier alpha value is -0.500. The van der Waals surface area contributed by atoms with Crippen molar-refractivity contribution in [3.8, 4) is 0 Å². The van der Waals surface area contributed by atoms with Crippen molar-refractivity contribution < 1.29 is 9.84 Å². The first kappa shape index (κ1) is 8.50. The molecule has 0 bridgehead atoms. The molecule has 54 valence electrons. The number of aliphatic hydroxyl groups excluding tert-OH is 1. The van der Waals surface area contributed by atoms with Gasteiger partial charge in [0, 0.05) is 0 Å². The molecular formula is C7H14O2. The lowest BCUT2D eigenvalue weighted by molar-refractivity contribution is 0.238. The van der Waals surface area contributed by atoms with Crippen LogP contribution in [-0.2, 0) is 4.74 Å². The van der Waals surface area contributed by atoms with E-state index in [9.17, 15) is 0 Å². The van der Waals surface area contributed by atoms with Crippen molar-refractivity contribution in [3.63, 3.8) is 0 Å². The Bertz CT molecular complexity index is 69.3. The van der Waals surface area contributed by atoms with Gasteiger partial charge in [-0.25, -0.2) is 0 Å². The molecule has 0 atom stereocenters. The number of rotatable bonds is 5. The van der Waals surface area contributed by atoms with Crippen molar-refractivity contribution in [2.24, 2.45) is 0 Å². The lowest BCUT2D eigenvalue weighted by atomic mass is 10.4. The van der Waals surface area contributed by atoms with E-state index in [1.807, 2.05) is 0 Å². The third kappa shape index (κ3) is 7.50. The summed E-state index contributed by atoms with van der Waals surface area (Å²) in [5, 5.41) is 8.26. The second kappa shape index (κ2) is 7.50. The van der Waals surface area contributed by atoms with E-state index in [0.717, 1.165) is 19.4 Å². The maximum absolute atomic E-state index is 8.26. The van der Waals surface area contributed by atoms with Crippen molar-refractivity contribution in [2.45, 2.75) is 19.8 Å². The lowest BCUT2D eigenvalue weighted by Crippen LogP contribution is -1.85. The average Bonchev–Trinajstić information content (AvgIpc) is 1.89. The molecule has 0 saturated heterocycles. The van der Waals surface area contributed by atoms with E-state index in [4.69, 9.17) is 9.84 Å². The Morgan fingerprint density at radius 2 is 2.33 bits per heavy atom. The molecule has 0 heterocycles. The van der Waals surface area contributed by atoms with Crippen LogP contribution in [0.15, 0.2) is 12.3 Å². The highest BCUT2D eigenvalue weighted by atomic mass is 16.5. The number of hydrogen-bond acceptors (Lipinski definition) is 2. The SMILES string of the molecule is CCCCO/C=C/CO. The van der Waals surface area contributed by atoms with Crippen LogP contribution < -0.4 is 0 Å². The molecular weight excluding hydrogens is 116 g/mol. The normalized spacial score (nSPS) is 10.4. The van der Waals surface area contributed by atoms with Crippen molar-refractivity contribution in [3.05, 3.63) is 12.3 Å². The summed E-state index contributed by atoms with van der Waals surface area (Å²) < 4.78 is 4.97. The zero-order valence-electron chi connectivity index (χ0n) is 5.84. The highest BCUT2D eigenvalue weighted by Gasteiger charge is 1.78. The summed E-state index contributed by atoms with van der Waals surface area (Å²) in [5.41, 5.74) is 0. The van der Waals surface area contributed by atoms with Gasteiger partial charge in [-0.3, -0.25) is 0 Å². The molecule has 0 aromatic carbocycles. The minimum Gasteiger partial charge on any atom is -0.501 e. The summed E-state index contributed by atoms with van der Waals surface area (Å²) in [4.78, 5) is 0. The van der Waals surface area contributed by atoms with Crippen LogP contribution in [-0.4, -0.2) is 18.3 Å². The van der Waals surface area contributed by atoms with Crippen molar-refractivity contribution in [1.82, 2.24) is 0 Å². The second-order valence-corrected chi connectivity index (χ2v) is 1.78. The van der Waals surface area contributed by atoms with Gasteiger partial charge in [0.1, 0.15) is 0 Å². The maximum Gasteiger partial charge on any atom is 0.0873 e. The smallest absolute Gasteiger partial charge is 0.0873 e. The molecule has 1 N–H and O–H groups in total. The summed E-state index contributed by atoms with van der Waals surface area (Å²) >= 11 is 0. The highest BCUT2D eigenvalue weighted by Crippen LogP contribution is 1.87. The molecule has 0 spiro atoms. The van der Waals surface area contributed by atoms with Crippen LogP contribution in [0.25, 0.3) is 0 Å². The molecule has 0 fully saturated rings. The van der Waals surface area contributed by atoms with Crippen molar-refractivity contribution in [2.75, 3.05) is 13.2 Å². The van der Waals surface area contributed by atoms with Crippen molar-refractivity contribution >= 4 is 0 Å². The predicted octanol–water partition coefficient (Wildman–Crippen LogP) is 1.31. The van der Waals surface area contributed by atoms with E-state index >= 15 is 0 Å². The minimum atomic E-state index is 0.0616. The average molecular weight is 130 g/mol.